The summed E-state index contributed by atoms with van der Waals surface area (Å²) in [5, 5.41) is 0. The summed E-state index contributed by atoms with van der Waals surface area (Å²) in [6.45, 7) is 6.53. The summed E-state index contributed by atoms with van der Waals surface area (Å²) in [6, 6.07) is 6.90. The minimum atomic E-state index is -0.131. The van der Waals surface area contributed by atoms with E-state index >= 15 is 0 Å². The smallest absolute Gasteiger partial charge is 0.123 e. The molecule has 0 N–H and O–H groups in total. The maximum Gasteiger partial charge on any atom is 0.123 e. The normalized spacial score (nSPS) is 13.3. The van der Waals surface area contributed by atoms with E-state index in [2.05, 4.69) is 20.8 Å². The molecule has 0 aliphatic heterocycles. The van der Waals surface area contributed by atoms with E-state index in [4.69, 9.17) is 0 Å². The third-order valence-electron chi connectivity index (χ3n) is 2.24. The van der Waals surface area contributed by atoms with Gasteiger partial charge in [0.2, 0.25) is 0 Å². The maximum atomic E-state index is 12.9. The molecular weight excluding hydrogens is 163 g/mol. The first-order valence-electron chi connectivity index (χ1n) is 4.85. The van der Waals surface area contributed by atoms with E-state index in [0.717, 1.165) is 12.0 Å². The average Bonchev–Trinajstić information content (AvgIpc) is 2.03. The van der Waals surface area contributed by atoms with E-state index in [0.29, 0.717) is 11.8 Å². The molecule has 0 saturated carbocycles. The first-order chi connectivity index (χ1) is 6.09. The van der Waals surface area contributed by atoms with Gasteiger partial charge in [-0.15, -0.1) is 0 Å². The highest BCUT2D eigenvalue weighted by Gasteiger charge is 2.07. The number of benzene rings is 1. The number of hydrogen-bond donors (Lipinski definition) is 0. The second kappa shape index (κ2) is 4.40. The van der Waals surface area contributed by atoms with Crippen LogP contribution in [0.3, 0.4) is 0 Å². The Morgan fingerprint density at radius 3 is 2.46 bits per heavy atom. The van der Waals surface area contributed by atoms with Crippen molar-refractivity contribution in [3.63, 3.8) is 0 Å². The maximum absolute atomic E-state index is 12.9. The summed E-state index contributed by atoms with van der Waals surface area (Å²) >= 11 is 0. The standard InChI is InChI=1S/C12H17F/c1-9(2)7-10(3)11-5-4-6-12(13)8-11/h4-6,8-10H,7H2,1-3H3. The second-order valence-electron chi connectivity index (χ2n) is 4.09. The predicted octanol–water partition coefficient (Wildman–Crippen LogP) is 3.98. The molecule has 72 valence electrons. The summed E-state index contributed by atoms with van der Waals surface area (Å²) in [7, 11) is 0. The zero-order valence-corrected chi connectivity index (χ0v) is 8.55. The van der Waals surface area contributed by atoms with Gasteiger partial charge >= 0.3 is 0 Å². The van der Waals surface area contributed by atoms with E-state index in [9.17, 15) is 4.39 Å². The predicted molar refractivity (Wildman–Crippen MR) is 54.3 cm³/mol. The quantitative estimate of drug-likeness (QED) is 0.660. The van der Waals surface area contributed by atoms with Crippen LogP contribution in [0.2, 0.25) is 0 Å². The highest BCUT2D eigenvalue weighted by molar-refractivity contribution is 5.19. The molecule has 1 atom stereocenters. The van der Waals surface area contributed by atoms with Crippen LogP contribution >= 0.6 is 0 Å². The SMILES string of the molecule is CC(C)CC(C)c1cccc(F)c1. The largest absolute Gasteiger partial charge is 0.207 e. The van der Waals surface area contributed by atoms with Crippen molar-refractivity contribution in [1.82, 2.24) is 0 Å². The van der Waals surface area contributed by atoms with E-state index in [1.165, 1.54) is 6.07 Å². The van der Waals surface area contributed by atoms with Crippen molar-refractivity contribution in [2.75, 3.05) is 0 Å². The molecule has 0 nitrogen and oxygen atoms in total. The lowest BCUT2D eigenvalue weighted by atomic mass is 9.92. The Balaban J connectivity index is 2.71. The molecule has 1 heteroatoms. The Bertz CT molecular complexity index is 266. The second-order valence-corrected chi connectivity index (χ2v) is 4.09. The van der Waals surface area contributed by atoms with E-state index in [-0.39, 0.29) is 5.82 Å². The fourth-order valence-corrected chi connectivity index (χ4v) is 1.66. The molecule has 0 bridgehead atoms. The van der Waals surface area contributed by atoms with Crippen LogP contribution in [0.4, 0.5) is 4.39 Å². The number of hydrogen-bond acceptors (Lipinski definition) is 0. The molecule has 0 fully saturated rings. The lowest BCUT2D eigenvalue weighted by molar-refractivity contribution is 0.520. The summed E-state index contributed by atoms with van der Waals surface area (Å²) in [6.07, 6.45) is 1.11. The van der Waals surface area contributed by atoms with E-state index in [1.807, 2.05) is 6.07 Å². The highest BCUT2D eigenvalue weighted by atomic mass is 19.1. The van der Waals surface area contributed by atoms with Gasteiger partial charge in [0.15, 0.2) is 0 Å². The van der Waals surface area contributed by atoms with Crippen LogP contribution in [0.25, 0.3) is 0 Å². The highest BCUT2D eigenvalue weighted by Crippen LogP contribution is 2.23. The van der Waals surface area contributed by atoms with Crippen molar-refractivity contribution in [2.24, 2.45) is 5.92 Å². The van der Waals surface area contributed by atoms with Crippen LogP contribution in [0, 0.1) is 11.7 Å². The summed E-state index contributed by atoms with van der Waals surface area (Å²) in [5.74, 6) is 0.988. The van der Waals surface area contributed by atoms with Crippen molar-refractivity contribution < 1.29 is 4.39 Å². The monoisotopic (exact) mass is 180 g/mol. The zero-order valence-electron chi connectivity index (χ0n) is 8.55. The zero-order chi connectivity index (χ0) is 9.84. The molecule has 1 aromatic rings. The topological polar surface area (TPSA) is 0 Å². The molecule has 0 aromatic heterocycles. The van der Waals surface area contributed by atoms with Crippen LogP contribution in [0.1, 0.15) is 38.7 Å². The first-order valence-corrected chi connectivity index (χ1v) is 4.85. The van der Waals surface area contributed by atoms with Crippen molar-refractivity contribution in [3.05, 3.63) is 35.6 Å². The Hall–Kier alpha value is -0.850. The summed E-state index contributed by atoms with van der Waals surface area (Å²) in [5.41, 5.74) is 1.11. The molecule has 0 aliphatic rings. The summed E-state index contributed by atoms with van der Waals surface area (Å²) in [4.78, 5) is 0. The van der Waals surface area contributed by atoms with Gasteiger partial charge < -0.3 is 0 Å². The van der Waals surface area contributed by atoms with Crippen LogP contribution in [0.15, 0.2) is 24.3 Å². The third-order valence-corrected chi connectivity index (χ3v) is 2.24. The summed E-state index contributed by atoms with van der Waals surface area (Å²) < 4.78 is 12.9. The van der Waals surface area contributed by atoms with Gasteiger partial charge in [0, 0.05) is 0 Å². The van der Waals surface area contributed by atoms with Gasteiger partial charge in [-0.3, -0.25) is 0 Å². The van der Waals surface area contributed by atoms with Gasteiger partial charge in [-0.05, 0) is 36.0 Å². The third kappa shape index (κ3) is 3.17. The van der Waals surface area contributed by atoms with Gasteiger partial charge in [0.25, 0.3) is 0 Å². The molecule has 0 spiro atoms. The van der Waals surface area contributed by atoms with Crippen LogP contribution in [-0.4, -0.2) is 0 Å². The van der Waals surface area contributed by atoms with Gasteiger partial charge in [0.05, 0.1) is 0 Å². The average molecular weight is 180 g/mol. The minimum Gasteiger partial charge on any atom is -0.207 e. The van der Waals surface area contributed by atoms with E-state index in [1.54, 1.807) is 12.1 Å². The molecule has 0 amide bonds. The Kier molecular flexibility index (Phi) is 3.47. The Morgan fingerprint density at radius 1 is 1.23 bits per heavy atom. The first kappa shape index (κ1) is 10.2. The fourth-order valence-electron chi connectivity index (χ4n) is 1.66. The molecule has 13 heavy (non-hydrogen) atoms. The van der Waals surface area contributed by atoms with Crippen molar-refractivity contribution >= 4 is 0 Å². The van der Waals surface area contributed by atoms with Crippen molar-refractivity contribution in [1.29, 1.82) is 0 Å². The number of halogens is 1. The van der Waals surface area contributed by atoms with E-state index < -0.39 is 0 Å². The van der Waals surface area contributed by atoms with Gasteiger partial charge in [0.1, 0.15) is 5.82 Å². The molecule has 1 aromatic carbocycles. The molecular formula is C12H17F. The minimum absolute atomic E-state index is 0.131. The molecule has 0 saturated heterocycles. The molecule has 0 aliphatic carbocycles. The van der Waals surface area contributed by atoms with Crippen molar-refractivity contribution in [2.45, 2.75) is 33.1 Å². The lowest BCUT2D eigenvalue weighted by Crippen LogP contribution is -1.98. The van der Waals surface area contributed by atoms with Crippen LogP contribution in [0.5, 0.6) is 0 Å². The fraction of sp³-hybridized carbons (Fsp3) is 0.500. The Morgan fingerprint density at radius 2 is 1.92 bits per heavy atom. The molecule has 1 rings (SSSR count). The van der Waals surface area contributed by atoms with Gasteiger partial charge in [-0.25, -0.2) is 4.39 Å². The number of rotatable bonds is 3. The van der Waals surface area contributed by atoms with Gasteiger partial charge in [-0.1, -0.05) is 32.9 Å². The molecule has 0 radical (unpaired) electrons. The Labute approximate surface area is 79.8 Å². The van der Waals surface area contributed by atoms with Crippen LogP contribution < -0.4 is 0 Å². The van der Waals surface area contributed by atoms with Gasteiger partial charge in [-0.2, -0.15) is 0 Å². The van der Waals surface area contributed by atoms with Crippen LogP contribution in [-0.2, 0) is 0 Å². The lowest BCUT2D eigenvalue weighted by Gasteiger charge is -2.13. The van der Waals surface area contributed by atoms with Crippen molar-refractivity contribution in [3.8, 4) is 0 Å². The molecule has 1 unspecified atom stereocenters. The molecule has 0 heterocycles.